The first kappa shape index (κ1) is 20.1. The van der Waals surface area contributed by atoms with E-state index < -0.39 is 16.3 Å². The predicted molar refractivity (Wildman–Crippen MR) is 108 cm³/mol. The highest BCUT2D eigenvalue weighted by molar-refractivity contribution is 7.84. The first-order valence-electron chi connectivity index (χ1n) is 8.34. The maximum atomic E-state index is 11.8. The largest absolute Gasteiger partial charge is 0.457 e. The predicted octanol–water partition coefficient (Wildman–Crippen LogP) is 3.51. The van der Waals surface area contributed by atoms with Gasteiger partial charge < -0.3 is 15.4 Å². The van der Waals surface area contributed by atoms with Crippen molar-refractivity contribution in [2.45, 2.75) is 6.92 Å². The van der Waals surface area contributed by atoms with Gasteiger partial charge in [0.25, 0.3) is 0 Å². The molecule has 0 atom stereocenters. The van der Waals surface area contributed by atoms with Crippen LogP contribution in [0.1, 0.15) is 6.92 Å². The van der Waals surface area contributed by atoms with Gasteiger partial charge in [0.1, 0.15) is 11.5 Å². The molecule has 0 fully saturated rings. The highest BCUT2D eigenvalue weighted by Crippen LogP contribution is 2.32. The van der Waals surface area contributed by atoms with Gasteiger partial charge in [-0.2, -0.15) is 8.42 Å². The van der Waals surface area contributed by atoms with E-state index in [-0.39, 0.29) is 11.6 Å². The third-order valence-corrected chi connectivity index (χ3v) is 4.16. The Kier molecular flexibility index (Phi) is 5.66. The van der Waals surface area contributed by atoms with Crippen molar-refractivity contribution in [3.63, 3.8) is 0 Å². The summed E-state index contributed by atoms with van der Waals surface area (Å²) >= 11 is 0. The Morgan fingerprint density at radius 3 is 2.28 bits per heavy atom. The van der Waals surface area contributed by atoms with E-state index in [4.69, 9.17) is 9.29 Å². The molecule has 0 aliphatic rings. The number of hydrogen-bond donors (Lipinski definition) is 4. The summed E-state index contributed by atoms with van der Waals surface area (Å²) in [5, 5.41) is 6.42. The molecule has 0 unspecified atom stereocenters. The fourth-order valence-electron chi connectivity index (χ4n) is 2.66. The van der Waals surface area contributed by atoms with Crippen molar-refractivity contribution in [1.29, 1.82) is 0 Å². The van der Waals surface area contributed by atoms with Crippen LogP contribution in [0.2, 0.25) is 0 Å². The fraction of sp³-hybridized carbons (Fsp3) is 0.0526. The number of hydrogen-bond acceptors (Lipinski definition) is 5. The molecule has 0 saturated carbocycles. The molecule has 0 radical (unpaired) electrons. The summed E-state index contributed by atoms with van der Waals surface area (Å²) in [5.41, 5.74) is 0.904. The van der Waals surface area contributed by atoms with Crippen LogP contribution in [0.4, 0.5) is 16.2 Å². The Morgan fingerprint density at radius 2 is 1.62 bits per heavy atom. The highest BCUT2D eigenvalue weighted by Gasteiger charge is 2.13. The van der Waals surface area contributed by atoms with Crippen LogP contribution in [0, 0.1) is 0 Å². The summed E-state index contributed by atoms with van der Waals surface area (Å²) in [6, 6.07) is 15.9. The Morgan fingerprint density at radius 1 is 0.931 bits per heavy atom. The van der Waals surface area contributed by atoms with Crippen LogP contribution in [-0.4, -0.2) is 24.9 Å². The standard InChI is InChI=1S/C19H17N3O6S/c1-12(23)20-14-6-8-15(9-7-14)28-16-10-13-4-2-3-5-17(13)18(11-16)21-19(24)22-29(25,26)27/h2-11H,1H3,(H,20,23)(H2,21,22,24)(H,25,26,27). The number of carbonyl (C=O) groups is 2. The average Bonchev–Trinajstić information content (AvgIpc) is 2.61. The van der Waals surface area contributed by atoms with E-state index in [0.29, 0.717) is 22.6 Å². The van der Waals surface area contributed by atoms with Crippen LogP contribution in [-0.2, 0) is 15.1 Å². The van der Waals surface area contributed by atoms with Gasteiger partial charge in [0.15, 0.2) is 0 Å². The number of ether oxygens (including phenoxy) is 1. The van der Waals surface area contributed by atoms with E-state index in [1.807, 2.05) is 0 Å². The number of nitrogens with one attached hydrogen (secondary N) is 3. The van der Waals surface area contributed by atoms with Crippen LogP contribution in [0.25, 0.3) is 10.8 Å². The molecule has 0 heterocycles. The Bertz CT molecular complexity index is 1180. The molecule has 3 rings (SSSR count). The van der Waals surface area contributed by atoms with E-state index in [9.17, 15) is 18.0 Å². The quantitative estimate of drug-likeness (QED) is 0.471. The van der Waals surface area contributed by atoms with Crippen molar-refractivity contribution in [2.75, 3.05) is 10.6 Å². The van der Waals surface area contributed by atoms with Crippen molar-refractivity contribution in [2.24, 2.45) is 0 Å². The van der Waals surface area contributed by atoms with Gasteiger partial charge in [-0.1, -0.05) is 24.3 Å². The molecule has 0 aliphatic carbocycles. The number of amides is 3. The minimum atomic E-state index is -4.69. The van der Waals surface area contributed by atoms with Gasteiger partial charge in [-0.15, -0.1) is 0 Å². The molecule has 3 aromatic carbocycles. The molecule has 0 bridgehead atoms. The van der Waals surface area contributed by atoms with Crippen molar-refractivity contribution < 1.29 is 27.3 Å². The molecular weight excluding hydrogens is 398 g/mol. The normalized spacial score (nSPS) is 11.0. The summed E-state index contributed by atoms with van der Waals surface area (Å²) in [5.74, 6) is 0.688. The van der Waals surface area contributed by atoms with Crippen molar-refractivity contribution in [3.05, 3.63) is 60.7 Å². The van der Waals surface area contributed by atoms with Crippen molar-refractivity contribution in [3.8, 4) is 11.5 Å². The van der Waals surface area contributed by atoms with E-state index in [0.717, 1.165) is 5.39 Å². The summed E-state index contributed by atoms with van der Waals surface area (Å²) in [6.45, 7) is 1.41. The SMILES string of the molecule is CC(=O)Nc1ccc(Oc2cc(NC(=O)NS(=O)(=O)O)c3ccccc3c2)cc1. The lowest BCUT2D eigenvalue weighted by molar-refractivity contribution is -0.114. The molecule has 0 aliphatic heterocycles. The molecule has 10 heteroatoms. The van der Waals surface area contributed by atoms with Gasteiger partial charge in [0.2, 0.25) is 5.91 Å². The van der Waals surface area contributed by atoms with Crippen molar-refractivity contribution >= 4 is 44.4 Å². The second-order valence-electron chi connectivity index (χ2n) is 6.03. The average molecular weight is 415 g/mol. The molecule has 0 saturated heterocycles. The molecule has 29 heavy (non-hydrogen) atoms. The number of rotatable bonds is 5. The van der Waals surface area contributed by atoms with Crippen LogP contribution < -0.4 is 20.1 Å². The van der Waals surface area contributed by atoms with Crippen LogP contribution in [0.15, 0.2) is 60.7 Å². The highest BCUT2D eigenvalue weighted by atomic mass is 32.2. The van der Waals surface area contributed by atoms with Gasteiger partial charge in [-0.25, -0.2) is 9.52 Å². The lowest BCUT2D eigenvalue weighted by atomic mass is 10.1. The number of benzene rings is 3. The Hall–Kier alpha value is -3.63. The van der Waals surface area contributed by atoms with E-state index in [1.54, 1.807) is 54.6 Å². The lowest BCUT2D eigenvalue weighted by Gasteiger charge is -2.13. The fourth-order valence-corrected chi connectivity index (χ4v) is 2.94. The monoisotopic (exact) mass is 415 g/mol. The van der Waals surface area contributed by atoms with Crippen LogP contribution in [0.3, 0.4) is 0 Å². The molecule has 3 amide bonds. The summed E-state index contributed by atoms with van der Waals surface area (Å²) in [6.07, 6.45) is 0. The third-order valence-electron chi connectivity index (χ3n) is 3.72. The third kappa shape index (κ3) is 5.67. The second kappa shape index (κ2) is 8.17. The molecular formula is C19H17N3O6S. The Labute approximate surface area is 166 Å². The zero-order valence-electron chi connectivity index (χ0n) is 15.2. The number of carbonyl (C=O) groups excluding carboxylic acids is 2. The number of anilines is 2. The zero-order valence-corrected chi connectivity index (χ0v) is 16.0. The minimum absolute atomic E-state index is 0.188. The van der Waals surface area contributed by atoms with Gasteiger partial charge in [0, 0.05) is 24.1 Å². The van der Waals surface area contributed by atoms with Gasteiger partial charge in [0.05, 0.1) is 5.69 Å². The van der Waals surface area contributed by atoms with Gasteiger partial charge >= 0.3 is 16.3 Å². The maximum Gasteiger partial charge on any atom is 0.361 e. The first-order valence-corrected chi connectivity index (χ1v) is 9.78. The summed E-state index contributed by atoms with van der Waals surface area (Å²) < 4.78 is 37.7. The molecule has 0 aromatic heterocycles. The second-order valence-corrected chi connectivity index (χ2v) is 7.19. The summed E-state index contributed by atoms with van der Waals surface area (Å²) in [7, 11) is -4.69. The van der Waals surface area contributed by atoms with Crippen molar-refractivity contribution in [1.82, 2.24) is 4.72 Å². The minimum Gasteiger partial charge on any atom is -0.457 e. The molecule has 9 nitrogen and oxygen atoms in total. The van der Waals surface area contributed by atoms with Crippen LogP contribution >= 0.6 is 0 Å². The zero-order chi connectivity index (χ0) is 21.0. The number of fused-ring (bicyclic) bond motifs is 1. The van der Waals surface area contributed by atoms with E-state index in [2.05, 4.69) is 10.6 Å². The molecule has 3 aromatic rings. The molecule has 0 spiro atoms. The van der Waals surface area contributed by atoms with E-state index >= 15 is 0 Å². The molecule has 4 N–H and O–H groups in total. The smallest absolute Gasteiger partial charge is 0.361 e. The Balaban J connectivity index is 1.88. The molecule has 150 valence electrons. The topological polar surface area (TPSA) is 134 Å². The van der Waals surface area contributed by atoms with E-state index in [1.165, 1.54) is 17.7 Å². The number of urea groups is 1. The maximum absolute atomic E-state index is 11.8. The first-order chi connectivity index (χ1) is 13.7. The van der Waals surface area contributed by atoms with Gasteiger partial charge in [-0.3, -0.25) is 9.35 Å². The van der Waals surface area contributed by atoms with Gasteiger partial charge in [-0.05, 0) is 35.7 Å². The summed E-state index contributed by atoms with van der Waals surface area (Å²) in [4.78, 5) is 22.9. The lowest BCUT2D eigenvalue weighted by Crippen LogP contribution is -2.33. The van der Waals surface area contributed by atoms with Crippen LogP contribution in [0.5, 0.6) is 11.5 Å².